The van der Waals surface area contributed by atoms with Gasteiger partial charge in [-0.3, -0.25) is 9.59 Å². The van der Waals surface area contributed by atoms with Gasteiger partial charge in [-0.25, -0.2) is 0 Å². The number of nitrogens with zero attached hydrogens (tertiary/aromatic N) is 2. The van der Waals surface area contributed by atoms with Gasteiger partial charge in [0.25, 0.3) is 5.91 Å². The molecule has 2 aromatic carbocycles. The molecule has 0 bridgehead atoms. The molecule has 1 atom stereocenters. The van der Waals surface area contributed by atoms with Gasteiger partial charge in [0.1, 0.15) is 5.54 Å². The van der Waals surface area contributed by atoms with Crippen LogP contribution in [0.4, 0.5) is 5.69 Å². The number of benzene rings is 2. The maximum atomic E-state index is 14.0. The highest BCUT2D eigenvalue weighted by molar-refractivity contribution is 6.01. The highest BCUT2D eigenvalue weighted by Crippen LogP contribution is 2.30. The Morgan fingerprint density at radius 1 is 1.14 bits per heavy atom. The summed E-state index contributed by atoms with van der Waals surface area (Å²) in [6.45, 7) is 9.97. The largest absolute Gasteiger partial charge is 0.490 e. The van der Waals surface area contributed by atoms with Gasteiger partial charge in [0, 0.05) is 36.7 Å². The molecule has 2 saturated heterocycles. The second kappa shape index (κ2) is 10.5. The maximum Gasteiger partial charge on any atom is 0.287 e. The van der Waals surface area contributed by atoms with Gasteiger partial charge < -0.3 is 29.6 Å². The quantitative estimate of drug-likeness (QED) is 0.532. The summed E-state index contributed by atoms with van der Waals surface area (Å²) >= 11 is 0. The second-order valence-electron chi connectivity index (χ2n) is 10.1. The van der Waals surface area contributed by atoms with Gasteiger partial charge in [0.15, 0.2) is 17.1 Å². The van der Waals surface area contributed by atoms with Crippen LogP contribution in [0.25, 0.3) is 11.0 Å². The first kappa shape index (κ1) is 25.1. The standard InChI is InChI=1S/C29H36N4O4/c1-4-36-24-10-6-8-22-18-25(37-26(22)24)27(34)31-29(11-13-30-14-12-29)28(35)32-15-16-33(21(3)19-32)23-9-5-7-20(2)17-23/h5-10,17-18,21,30H,4,11-16,19H2,1-3H3,(H,31,34). The lowest BCUT2D eigenvalue weighted by Gasteiger charge is -2.46. The molecule has 3 aromatic rings. The van der Waals surface area contributed by atoms with E-state index in [0.29, 0.717) is 57.0 Å². The van der Waals surface area contributed by atoms with Crippen LogP contribution in [0, 0.1) is 6.92 Å². The van der Waals surface area contributed by atoms with E-state index in [9.17, 15) is 9.59 Å². The first-order valence-electron chi connectivity index (χ1n) is 13.2. The molecule has 0 radical (unpaired) electrons. The number of anilines is 1. The molecule has 37 heavy (non-hydrogen) atoms. The number of fused-ring (bicyclic) bond motifs is 1. The average molecular weight is 505 g/mol. The van der Waals surface area contributed by atoms with E-state index in [4.69, 9.17) is 9.15 Å². The van der Waals surface area contributed by atoms with Gasteiger partial charge in [-0.15, -0.1) is 0 Å². The molecule has 3 heterocycles. The van der Waals surface area contributed by atoms with E-state index in [1.165, 1.54) is 11.3 Å². The first-order valence-corrected chi connectivity index (χ1v) is 13.2. The fourth-order valence-electron chi connectivity index (χ4n) is 5.58. The van der Waals surface area contributed by atoms with E-state index in [1.807, 2.05) is 30.0 Å². The maximum absolute atomic E-state index is 14.0. The predicted octanol–water partition coefficient (Wildman–Crippen LogP) is 3.73. The normalized spacial score (nSPS) is 19.6. The average Bonchev–Trinajstić information content (AvgIpc) is 3.35. The smallest absolute Gasteiger partial charge is 0.287 e. The Kier molecular flexibility index (Phi) is 7.11. The molecule has 8 nitrogen and oxygen atoms in total. The monoisotopic (exact) mass is 504 g/mol. The minimum absolute atomic E-state index is 0.00999. The van der Waals surface area contributed by atoms with Gasteiger partial charge in [-0.05, 0) is 76.5 Å². The van der Waals surface area contributed by atoms with Crippen LogP contribution in [0.3, 0.4) is 0 Å². The zero-order valence-electron chi connectivity index (χ0n) is 21.9. The molecule has 2 aliphatic heterocycles. The van der Waals surface area contributed by atoms with Crippen molar-refractivity contribution in [2.45, 2.75) is 45.2 Å². The molecule has 2 amide bonds. The number of carbonyl (C=O) groups excluding carboxylic acids is 2. The summed E-state index contributed by atoms with van der Waals surface area (Å²) in [7, 11) is 0. The highest BCUT2D eigenvalue weighted by atomic mass is 16.5. The molecule has 2 N–H and O–H groups in total. The molecule has 0 aliphatic carbocycles. The van der Waals surface area contributed by atoms with E-state index in [-0.39, 0.29) is 23.6 Å². The van der Waals surface area contributed by atoms with Crippen molar-refractivity contribution in [3.05, 3.63) is 59.9 Å². The lowest BCUT2D eigenvalue weighted by Crippen LogP contribution is -2.66. The summed E-state index contributed by atoms with van der Waals surface area (Å²) in [6, 6.07) is 16.0. The number of nitrogens with one attached hydrogen (secondary N) is 2. The van der Waals surface area contributed by atoms with E-state index in [0.717, 1.165) is 11.9 Å². The van der Waals surface area contributed by atoms with E-state index >= 15 is 0 Å². The van der Waals surface area contributed by atoms with Crippen LogP contribution < -0.4 is 20.3 Å². The van der Waals surface area contributed by atoms with Crippen LogP contribution in [0.15, 0.2) is 52.9 Å². The molecule has 5 rings (SSSR count). The van der Waals surface area contributed by atoms with Crippen LogP contribution >= 0.6 is 0 Å². The third-order valence-electron chi connectivity index (χ3n) is 7.50. The number of ether oxygens (including phenoxy) is 1. The fourth-order valence-corrected chi connectivity index (χ4v) is 5.58. The molecule has 0 spiro atoms. The Morgan fingerprint density at radius 2 is 1.92 bits per heavy atom. The Bertz CT molecular complexity index is 1280. The summed E-state index contributed by atoms with van der Waals surface area (Å²) in [6.07, 6.45) is 1.07. The number of furan rings is 1. The number of carbonyl (C=O) groups is 2. The van der Waals surface area contributed by atoms with Crippen LogP contribution in [0.5, 0.6) is 5.75 Å². The number of hydrogen-bond donors (Lipinski definition) is 2. The Labute approximate surface area is 217 Å². The van der Waals surface area contributed by atoms with E-state index in [2.05, 4.69) is 53.6 Å². The Balaban J connectivity index is 1.34. The number of aryl methyl sites for hydroxylation is 1. The van der Waals surface area contributed by atoms with E-state index in [1.54, 1.807) is 6.07 Å². The topological polar surface area (TPSA) is 87.0 Å². The Morgan fingerprint density at radius 3 is 2.65 bits per heavy atom. The van der Waals surface area contributed by atoms with Crippen molar-refractivity contribution < 1.29 is 18.7 Å². The van der Waals surface area contributed by atoms with E-state index < -0.39 is 5.54 Å². The number of para-hydroxylation sites is 1. The zero-order chi connectivity index (χ0) is 26.0. The third-order valence-corrected chi connectivity index (χ3v) is 7.50. The SMILES string of the molecule is CCOc1cccc2cc(C(=O)NC3(C(=O)N4CCN(c5cccc(C)c5)C(C)C4)CCNCC3)oc12. The van der Waals surface area contributed by atoms with Gasteiger partial charge in [0.05, 0.1) is 6.61 Å². The number of piperazine rings is 1. The zero-order valence-corrected chi connectivity index (χ0v) is 21.9. The van der Waals surface area contributed by atoms with Crippen molar-refractivity contribution in [1.29, 1.82) is 0 Å². The summed E-state index contributed by atoms with van der Waals surface area (Å²) in [5, 5.41) is 7.23. The third kappa shape index (κ3) is 5.03. The van der Waals surface area contributed by atoms with Gasteiger partial charge >= 0.3 is 0 Å². The summed E-state index contributed by atoms with van der Waals surface area (Å²) in [5.41, 5.74) is 1.98. The van der Waals surface area contributed by atoms with Crippen molar-refractivity contribution in [1.82, 2.24) is 15.5 Å². The highest BCUT2D eigenvalue weighted by Gasteiger charge is 2.45. The lowest BCUT2D eigenvalue weighted by molar-refractivity contribution is -0.140. The van der Waals surface area contributed by atoms with Crippen LogP contribution in [-0.4, -0.2) is 67.6 Å². The Hall–Kier alpha value is -3.52. The molecule has 2 fully saturated rings. The van der Waals surface area contributed by atoms with Crippen LogP contribution in [0.2, 0.25) is 0 Å². The van der Waals surface area contributed by atoms with Crippen LogP contribution in [0.1, 0.15) is 42.8 Å². The van der Waals surface area contributed by atoms with Crippen molar-refractivity contribution in [2.75, 3.05) is 44.2 Å². The second-order valence-corrected chi connectivity index (χ2v) is 10.1. The molecule has 196 valence electrons. The van der Waals surface area contributed by atoms with Crippen molar-refractivity contribution in [3.8, 4) is 5.75 Å². The molecular formula is C29H36N4O4. The number of piperidine rings is 1. The molecule has 8 heteroatoms. The molecule has 1 aromatic heterocycles. The van der Waals surface area contributed by atoms with Crippen molar-refractivity contribution in [2.24, 2.45) is 0 Å². The first-order chi connectivity index (χ1) is 17.9. The molecule has 2 aliphatic rings. The number of amides is 2. The van der Waals surface area contributed by atoms with Gasteiger partial charge in [0.2, 0.25) is 5.91 Å². The summed E-state index contributed by atoms with van der Waals surface area (Å²) < 4.78 is 11.6. The number of rotatable bonds is 6. The van der Waals surface area contributed by atoms with Crippen LogP contribution in [-0.2, 0) is 4.79 Å². The minimum atomic E-state index is -0.963. The van der Waals surface area contributed by atoms with Gasteiger partial charge in [-0.2, -0.15) is 0 Å². The fraction of sp³-hybridized carbons (Fsp3) is 0.448. The summed E-state index contributed by atoms with van der Waals surface area (Å²) in [4.78, 5) is 31.7. The number of hydrogen-bond acceptors (Lipinski definition) is 6. The summed E-state index contributed by atoms with van der Waals surface area (Å²) in [5.74, 6) is 0.405. The minimum Gasteiger partial charge on any atom is -0.490 e. The predicted molar refractivity (Wildman–Crippen MR) is 144 cm³/mol. The molecular weight excluding hydrogens is 468 g/mol. The van der Waals surface area contributed by atoms with Crippen molar-refractivity contribution >= 4 is 28.5 Å². The molecule has 1 unspecified atom stereocenters. The van der Waals surface area contributed by atoms with Gasteiger partial charge in [-0.1, -0.05) is 24.3 Å². The van der Waals surface area contributed by atoms with Crippen molar-refractivity contribution in [3.63, 3.8) is 0 Å². The molecule has 0 saturated carbocycles. The lowest BCUT2D eigenvalue weighted by atomic mass is 9.86.